The minimum atomic E-state index is -0.694. The minimum absolute atomic E-state index is 0.0790. The molecule has 0 spiro atoms. The van der Waals surface area contributed by atoms with Gasteiger partial charge >= 0.3 is 6.09 Å². The highest BCUT2D eigenvalue weighted by molar-refractivity contribution is 6.30. The molecule has 1 aromatic heterocycles. The van der Waals surface area contributed by atoms with Crippen LogP contribution in [0.4, 0.5) is 9.18 Å². The molecule has 1 aromatic carbocycles. The predicted molar refractivity (Wildman–Crippen MR) is 109 cm³/mol. The summed E-state index contributed by atoms with van der Waals surface area (Å²) in [6.07, 6.45) is 0.485. The summed E-state index contributed by atoms with van der Waals surface area (Å²) in [4.78, 5) is 18.6. The number of ether oxygens (including phenoxy) is 3. The molecule has 6 nitrogen and oxygen atoms in total. The number of halogens is 2. The molecule has 29 heavy (non-hydrogen) atoms. The fraction of sp³-hybridized carbons (Fsp3) is 0.429. The van der Waals surface area contributed by atoms with Crippen molar-refractivity contribution in [2.24, 2.45) is 0 Å². The molecule has 0 N–H and O–H groups in total. The molecule has 0 aliphatic rings. The number of carbonyl (C=O) groups is 1. The van der Waals surface area contributed by atoms with E-state index in [4.69, 9.17) is 25.8 Å². The number of nitrogens with zero attached hydrogens (tertiary/aromatic N) is 2. The normalized spacial score (nSPS) is 12.4. The number of aromatic nitrogens is 1. The van der Waals surface area contributed by atoms with Gasteiger partial charge in [-0.1, -0.05) is 23.7 Å². The van der Waals surface area contributed by atoms with Gasteiger partial charge in [-0.2, -0.15) is 0 Å². The summed E-state index contributed by atoms with van der Waals surface area (Å²) in [6.45, 7) is 5.71. The van der Waals surface area contributed by atoms with Crippen LogP contribution in [0.3, 0.4) is 0 Å². The van der Waals surface area contributed by atoms with Gasteiger partial charge in [-0.25, -0.2) is 9.18 Å². The van der Waals surface area contributed by atoms with Gasteiger partial charge in [-0.15, -0.1) is 0 Å². The minimum Gasteiger partial charge on any atom is -0.497 e. The van der Waals surface area contributed by atoms with Crippen molar-refractivity contribution < 1.29 is 23.4 Å². The first-order chi connectivity index (χ1) is 13.6. The van der Waals surface area contributed by atoms with Crippen molar-refractivity contribution in [2.45, 2.75) is 39.0 Å². The van der Waals surface area contributed by atoms with E-state index in [9.17, 15) is 9.18 Å². The highest BCUT2D eigenvalue weighted by Crippen LogP contribution is 2.27. The van der Waals surface area contributed by atoms with Crippen LogP contribution in [0.15, 0.2) is 36.5 Å². The third kappa shape index (κ3) is 6.58. The Hall–Kier alpha value is -2.38. The lowest BCUT2D eigenvalue weighted by Crippen LogP contribution is -2.40. The van der Waals surface area contributed by atoms with Crippen LogP contribution in [-0.2, 0) is 16.0 Å². The average Bonchev–Trinajstić information content (AvgIpc) is 2.66. The lowest BCUT2D eigenvalue weighted by atomic mass is 10.1. The van der Waals surface area contributed by atoms with Crippen LogP contribution >= 0.6 is 11.6 Å². The van der Waals surface area contributed by atoms with E-state index in [0.717, 1.165) is 11.8 Å². The van der Waals surface area contributed by atoms with Gasteiger partial charge in [0.1, 0.15) is 17.4 Å². The summed E-state index contributed by atoms with van der Waals surface area (Å²) in [6, 6.07) is 8.08. The highest BCUT2D eigenvalue weighted by Gasteiger charge is 2.31. The van der Waals surface area contributed by atoms with E-state index in [1.165, 1.54) is 18.1 Å². The Labute approximate surface area is 175 Å². The number of rotatable bonds is 7. The van der Waals surface area contributed by atoms with Crippen molar-refractivity contribution in [1.29, 1.82) is 0 Å². The van der Waals surface area contributed by atoms with Crippen LogP contribution in [0.1, 0.15) is 38.1 Å². The molecule has 158 valence electrons. The third-order valence-corrected chi connectivity index (χ3v) is 4.30. The van der Waals surface area contributed by atoms with Gasteiger partial charge in [0.2, 0.25) is 0 Å². The van der Waals surface area contributed by atoms with Crippen molar-refractivity contribution in [3.8, 4) is 5.75 Å². The first kappa shape index (κ1) is 22.9. The van der Waals surface area contributed by atoms with Crippen LogP contribution in [0.25, 0.3) is 0 Å². The second-order valence-corrected chi connectivity index (χ2v) is 7.86. The Morgan fingerprint density at radius 3 is 2.41 bits per heavy atom. The maximum Gasteiger partial charge on any atom is 0.411 e. The van der Waals surface area contributed by atoms with Crippen molar-refractivity contribution in [3.05, 3.63) is 58.6 Å². The second-order valence-electron chi connectivity index (χ2n) is 7.45. The van der Waals surface area contributed by atoms with Gasteiger partial charge in [-0.3, -0.25) is 9.88 Å². The zero-order chi connectivity index (χ0) is 21.6. The lowest BCUT2D eigenvalue weighted by molar-refractivity contribution is 0.00218. The summed E-state index contributed by atoms with van der Waals surface area (Å²) in [5.74, 6) is 0.0727. The van der Waals surface area contributed by atoms with Gasteiger partial charge in [0.25, 0.3) is 0 Å². The molecule has 1 amide bonds. The van der Waals surface area contributed by atoms with Gasteiger partial charge in [0.05, 0.1) is 30.6 Å². The molecule has 0 bridgehead atoms. The molecule has 2 rings (SSSR count). The Kier molecular flexibility index (Phi) is 7.81. The van der Waals surface area contributed by atoms with Crippen LogP contribution in [-0.4, -0.2) is 42.4 Å². The zero-order valence-corrected chi connectivity index (χ0v) is 18.0. The van der Waals surface area contributed by atoms with Gasteiger partial charge < -0.3 is 14.2 Å². The molecule has 1 atom stereocenters. The molecule has 8 heteroatoms. The molecule has 1 heterocycles. The summed E-state index contributed by atoms with van der Waals surface area (Å²) >= 11 is 5.94. The van der Waals surface area contributed by atoms with Crippen molar-refractivity contribution in [2.75, 3.05) is 20.8 Å². The Bertz CT molecular complexity index is 824. The maximum absolute atomic E-state index is 13.6. The smallest absolute Gasteiger partial charge is 0.411 e. The number of carbonyl (C=O) groups excluding carboxylic acids is 1. The van der Waals surface area contributed by atoms with E-state index >= 15 is 0 Å². The van der Waals surface area contributed by atoms with Gasteiger partial charge in [-0.05, 0) is 44.5 Å². The molecule has 0 unspecified atom stereocenters. The number of hydrogen-bond donors (Lipinski definition) is 0. The molecule has 0 aliphatic carbocycles. The van der Waals surface area contributed by atoms with E-state index in [2.05, 4.69) is 4.98 Å². The average molecular weight is 425 g/mol. The molecule has 2 aromatic rings. The molecule has 0 saturated heterocycles. The molecule has 0 radical (unpaired) electrons. The Morgan fingerprint density at radius 1 is 1.24 bits per heavy atom. The van der Waals surface area contributed by atoms with E-state index in [1.807, 2.05) is 12.1 Å². The fourth-order valence-electron chi connectivity index (χ4n) is 2.65. The number of pyridine rings is 1. The predicted octanol–water partition coefficient (Wildman–Crippen LogP) is 5.01. The van der Waals surface area contributed by atoms with Crippen molar-refractivity contribution >= 4 is 17.7 Å². The van der Waals surface area contributed by atoms with Gasteiger partial charge in [0, 0.05) is 13.7 Å². The number of methoxy groups -OCH3 is 2. The van der Waals surface area contributed by atoms with Gasteiger partial charge in [0.15, 0.2) is 5.82 Å². The first-order valence-corrected chi connectivity index (χ1v) is 9.45. The molecule has 0 fully saturated rings. The molecule has 0 aliphatic heterocycles. The van der Waals surface area contributed by atoms with Crippen LogP contribution in [0, 0.1) is 5.82 Å². The second kappa shape index (κ2) is 9.89. The summed E-state index contributed by atoms with van der Waals surface area (Å²) in [7, 11) is 3.10. The van der Waals surface area contributed by atoms with E-state index in [0.29, 0.717) is 11.4 Å². The number of amides is 1. The Morgan fingerprint density at radius 2 is 1.90 bits per heavy atom. The molecular weight excluding hydrogens is 399 g/mol. The van der Waals surface area contributed by atoms with Crippen LogP contribution in [0.2, 0.25) is 5.02 Å². The monoisotopic (exact) mass is 424 g/mol. The highest BCUT2D eigenvalue weighted by atomic mass is 35.5. The van der Waals surface area contributed by atoms with Crippen molar-refractivity contribution in [1.82, 2.24) is 9.88 Å². The van der Waals surface area contributed by atoms with E-state index in [1.54, 1.807) is 40.0 Å². The zero-order valence-electron chi connectivity index (χ0n) is 17.2. The SMILES string of the molecule is COC[C@@H](c1cc(Cl)c(F)cn1)N(Cc1ccc(OC)cc1)C(=O)OC(C)(C)C. The largest absolute Gasteiger partial charge is 0.497 e. The summed E-state index contributed by atoms with van der Waals surface area (Å²) in [5.41, 5.74) is 0.560. The summed E-state index contributed by atoms with van der Waals surface area (Å²) < 4.78 is 29.7. The third-order valence-electron chi connectivity index (χ3n) is 4.01. The van der Waals surface area contributed by atoms with E-state index in [-0.39, 0.29) is 18.2 Å². The van der Waals surface area contributed by atoms with E-state index < -0.39 is 23.6 Å². The van der Waals surface area contributed by atoms with Crippen LogP contribution in [0.5, 0.6) is 5.75 Å². The molecule has 0 saturated carbocycles. The fourth-order valence-corrected chi connectivity index (χ4v) is 2.81. The first-order valence-electron chi connectivity index (χ1n) is 9.07. The van der Waals surface area contributed by atoms with Crippen LogP contribution < -0.4 is 4.74 Å². The van der Waals surface area contributed by atoms with Crippen molar-refractivity contribution in [3.63, 3.8) is 0 Å². The molecular formula is C21H26ClFN2O4. The maximum atomic E-state index is 13.6. The quantitative estimate of drug-likeness (QED) is 0.625. The lowest BCUT2D eigenvalue weighted by Gasteiger charge is -2.33. The number of hydrogen-bond acceptors (Lipinski definition) is 5. The standard InChI is InChI=1S/C21H26ClFN2O4/c1-21(2,3)29-20(26)25(12-14-6-8-15(28-5)9-7-14)19(13-27-4)18-10-16(22)17(23)11-24-18/h6-11,19H,12-13H2,1-5H3/t19-/m0/s1. The topological polar surface area (TPSA) is 60.9 Å². The Balaban J connectivity index is 2.42. The summed E-state index contributed by atoms with van der Waals surface area (Å²) in [5, 5.41) is -0.0790. The number of benzene rings is 1.